The monoisotopic (exact) mass is 504 g/mol. The van der Waals surface area contributed by atoms with Gasteiger partial charge in [0.15, 0.2) is 0 Å². The third-order valence-electron chi connectivity index (χ3n) is 6.84. The summed E-state index contributed by atoms with van der Waals surface area (Å²) in [5.74, 6) is 0.568. The average molecular weight is 505 g/mol. The summed E-state index contributed by atoms with van der Waals surface area (Å²) in [6.45, 7) is 2.87. The minimum Gasteiger partial charge on any atom is -0.465 e. The Bertz CT molecular complexity index is 1290. The molecule has 4 N–H and O–H groups in total. The van der Waals surface area contributed by atoms with Gasteiger partial charge in [0.05, 0.1) is 35.1 Å². The number of morpholine rings is 1. The number of ether oxygens (including phenoxy) is 1. The number of carbonyl (C=O) groups is 1. The number of rotatable bonds is 8. The van der Waals surface area contributed by atoms with Crippen LogP contribution in [0.25, 0.3) is 0 Å². The summed E-state index contributed by atoms with van der Waals surface area (Å²) >= 11 is 0. The van der Waals surface area contributed by atoms with E-state index in [1.54, 1.807) is 18.2 Å². The lowest BCUT2D eigenvalue weighted by Crippen LogP contribution is -2.50. The highest BCUT2D eigenvalue weighted by Crippen LogP contribution is 2.42. The molecular weight excluding hydrogens is 476 g/mol. The van der Waals surface area contributed by atoms with E-state index in [1.165, 1.54) is 6.07 Å². The van der Waals surface area contributed by atoms with Gasteiger partial charge in [0.2, 0.25) is 5.82 Å². The molecular formula is C26H28N6O5. The lowest BCUT2D eigenvalue weighted by atomic mass is 9.72. The van der Waals surface area contributed by atoms with Crippen LogP contribution in [0.1, 0.15) is 24.8 Å². The molecule has 1 aliphatic heterocycles. The molecule has 5 rings (SSSR count). The number of aromatic nitrogens is 1. The molecule has 37 heavy (non-hydrogen) atoms. The fourth-order valence-electron chi connectivity index (χ4n) is 4.79. The molecule has 0 radical (unpaired) electrons. The average Bonchev–Trinajstić information content (AvgIpc) is 2.87. The molecule has 3 aromatic rings. The van der Waals surface area contributed by atoms with Gasteiger partial charge in [-0.25, -0.2) is 9.78 Å². The highest BCUT2D eigenvalue weighted by Gasteiger charge is 2.40. The van der Waals surface area contributed by atoms with E-state index < -0.39 is 16.6 Å². The number of nitrogens with zero attached hydrogens (tertiary/aromatic N) is 3. The van der Waals surface area contributed by atoms with Gasteiger partial charge >= 0.3 is 11.8 Å². The summed E-state index contributed by atoms with van der Waals surface area (Å²) in [5.41, 5.74) is 2.60. The molecule has 1 saturated heterocycles. The summed E-state index contributed by atoms with van der Waals surface area (Å²) in [4.78, 5) is 29.2. The molecule has 0 spiro atoms. The molecule has 0 unspecified atom stereocenters. The minimum atomic E-state index is -1.05. The first-order chi connectivity index (χ1) is 17.9. The van der Waals surface area contributed by atoms with Crippen LogP contribution < -0.4 is 20.9 Å². The van der Waals surface area contributed by atoms with Crippen LogP contribution >= 0.6 is 0 Å². The van der Waals surface area contributed by atoms with E-state index in [0.717, 1.165) is 49.3 Å². The third-order valence-corrected chi connectivity index (χ3v) is 6.84. The van der Waals surface area contributed by atoms with Gasteiger partial charge in [0.25, 0.3) is 0 Å². The Labute approximate surface area is 213 Å². The van der Waals surface area contributed by atoms with Crippen molar-refractivity contribution in [3.8, 4) is 0 Å². The summed E-state index contributed by atoms with van der Waals surface area (Å²) in [6, 6.07) is 18.1. The Morgan fingerprint density at radius 2 is 1.76 bits per heavy atom. The Morgan fingerprint density at radius 3 is 2.41 bits per heavy atom. The second kappa shape index (κ2) is 10.3. The van der Waals surface area contributed by atoms with Crippen molar-refractivity contribution in [3.63, 3.8) is 0 Å². The van der Waals surface area contributed by atoms with E-state index >= 15 is 0 Å². The van der Waals surface area contributed by atoms with Crippen LogP contribution in [-0.2, 0) is 10.3 Å². The number of anilines is 5. The maximum Gasteiger partial charge on any atom is 0.405 e. The normalized spacial score (nSPS) is 16.4. The Kier molecular flexibility index (Phi) is 6.78. The predicted octanol–water partition coefficient (Wildman–Crippen LogP) is 4.96. The molecule has 2 fully saturated rings. The van der Waals surface area contributed by atoms with Crippen molar-refractivity contribution in [3.05, 3.63) is 76.3 Å². The van der Waals surface area contributed by atoms with Crippen LogP contribution in [-0.4, -0.2) is 47.4 Å². The number of amides is 1. The zero-order valence-corrected chi connectivity index (χ0v) is 20.1. The molecule has 1 aromatic heterocycles. The lowest BCUT2D eigenvalue weighted by Gasteiger charge is -2.42. The lowest BCUT2D eigenvalue weighted by molar-refractivity contribution is -0.384. The molecule has 11 heteroatoms. The number of carboxylic acid groups (broad SMARTS) is 1. The molecule has 1 aliphatic carbocycles. The van der Waals surface area contributed by atoms with Gasteiger partial charge in [-0.15, -0.1) is 0 Å². The predicted molar refractivity (Wildman–Crippen MR) is 140 cm³/mol. The quantitative estimate of drug-likeness (QED) is 0.247. The smallest absolute Gasteiger partial charge is 0.405 e. The zero-order valence-electron chi connectivity index (χ0n) is 20.1. The van der Waals surface area contributed by atoms with Gasteiger partial charge in [-0.3, -0.25) is 10.1 Å². The standard InChI is InChI=1S/C26H28N6O5/c33-25(34)30-26(12-3-13-26)18-6-8-19(9-7-18)27-24-22(32(35)36)10-11-23(29-24)28-20-4-1-2-5-21(20)31-14-16-37-17-15-31/h1-2,4-11,30H,3,12-17H2,(H,33,34)(H2,27,28,29). The highest BCUT2D eigenvalue weighted by atomic mass is 16.6. The summed E-state index contributed by atoms with van der Waals surface area (Å²) in [7, 11) is 0. The first kappa shape index (κ1) is 24.3. The topological polar surface area (TPSA) is 142 Å². The number of benzene rings is 2. The molecule has 0 bridgehead atoms. The molecule has 2 aliphatic rings. The number of hydrogen-bond acceptors (Lipinski definition) is 8. The molecule has 2 aromatic carbocycles. The summed E-state index contributed by atoms with van der Waals surface area (Å²) in [6.07, 6.45) is 1.36. The maximum absolute atomic E-state index is 11.7. The Hall–Kier alpha value is -4.38. The van der Waals surface area contributed by atoms with Crippen molar-refractivity contribution >= 4 is 40.5 Å². The molecule has 1 amide bonds. The second-order valence-corrected chi connectivity index (χ2v) is 9.13. The number of pyridine rings is 1. The summed E-state index contributed by atoms with van der Waals surface area (Å²) in [5, 5.41) is 29.9. The SMILES string of the molecule is O=C(O)NC1(c2ccc(Nc3nc(Nc4ccccc4N4CCOCC4)ccc3[N+](=O)[O-])cc2)CCC1. The van der Waals surface area contributed by atoms with Gasteiger partial charge in [-0.2, -0.15) is 0 Å². The van der Waals surface area contributed by atoms with Gasteiger partial charge < -0.3 is 30.7 Å². The van der Waals surface area contributed by atoms with Crippen molar-refractivity contribution in [2.75, 3.05) is 41.8 Å². The maximum atomic E-state index is 11.7. The van der Waals surface area contributed by atoms with Gasteiger partial charge in [0, 0.05) is 24.8 Å². The van der Waals surface area contributed by atoms with E-state index in [4.69, 9.17) is 4.74 Å². The number of hydrogen-bond donors (Lipinski definition) is 4. The van der Waals surface area contributed by atoms with Crippen molar-refractivity contribution in [2.45, 2.75) is 24.8 Å². The fourth-order valence-corrected chi connectivity index (χ4v) is 4.79. The number of para-hydroxylation sites is 2. The van der Waals surface area contributed by atoms with Crippen molar-refractivity contribution in [2.24, 2.45) is 0 Å². The van der Waals surface area contributed by atoms with E-state index in [1.807, 2.05) is 36.4 Å². The van der Waals surface area contributed by atoms with E-state index in [2.05, 4.69) is 25.8 Å². The highest BCUT2D eigenvalue weighted by molar-refractivity contribution is 5.76. The van der Waals surface area contributed by atoms with Crippen molar-refractivity contribution in [1.29, 1.82) is 0 Å². The van der Waals surface area contributed by atoms with E-state index in [0.29, 0.717) is 24.7 Å². The van der Waals surface area contributed by atoms with Gasteiger partial charge in [0.1, 0.15) is 5.82 Å². The van der Waals surface area contributed by atoms with E-state index in [9.17, 15) is 20.0 Å². The number of nitrogens with one attached hydrogen (secondary N) is 3. The van der Waals surface area contributed by atoms with Gasteiger partial charge in [-0.1, -0.05) is 24.3 Å². The van der Waals surface area contributed by atoms with Crippen LogP contribution in [0.3, 0.4) is 0 Å². The Balaban J connectivity index is 1.38. The van der Waals surface area contributed by atoms with Crippen LogP contribution in [0.4, 0.5) is 39.2 Å². The number of nitro groups is 1. The largest absolute Gasteiger partial charge is 0.465 e. The molecule has 2 heterocycles. The van der Waals surface area contributed by atoms with Crippen molar-refractivity contribution < 1.29 is 19.6 Å². The first-order valence-electron chi connectivity index (χ1n) is 12.2. The zero-order chi connectivity index (χ0) is 25.8. The molecule has 1 saturated carbocycles. The van der Waals surface area contributed by atoms with Crippen LogP contribution in [0.2, 0.25) is 0 Å². The Morgan fingerprint density at radius 1 is 1.03 bits per heavy atom. The molecule has 0 atom stereocenters. The molecule has 192 valence electrons. The second-order valence-electron chi connectivity index (χ2n) is 9.13. The van der Waals surface area contributed by atoms with Crippen molar-refractivity contribution in [1.82, 2.24) is 10.3 Å². The molecule has 11 nitrogen and oxygen atoms in total. The minimum absolute atomic E-state index is 0.105. The summed E-state index contributed by atoms with van der Waals surface area (Å²) < 4.78 is 5.46. The van der Waals surface area contributed by atoms with Gasteiger partial charge in [-0.05, 0) is 55.2 Å². The van der Waals surface area contributed by atoms with Crippen LogP contribution in [0, 0.1) is 10.1 Å². The third kappa shape index (κ3) is 5.26. The fraction of sp³-hybridized carbons (Fsp3) is 0.308. The van der Waals surface area contributed by atoms with Crippen LogP contribution in [0.5, 0.6) is 0 Å². The van der Waals surface area contributed by atoms with E-state index in [-0.39, 0.29) is 11.5 Å². The first-order valence-corrected chi connectivity index (χ1v) is 12.2. The van der Waals surface area contributed by atoms with Crippen LogP contribution in [0.15, 0.2) is 60.7 Å².